The quantitative estimate of drug-likeness (QED) is 0.717. The zero-order valence-electron chi connectivity index (χ0n) is 10.1. The van der Waals surface area contributed by atoms with Gasteiger partial charge in [0.1, 0.15) is 11.9 Å². The van der Waals surface area contributed by atoms with Crippen molar-refractivity contribution in [3.05, 3.63) is 23.8 Å². The molecule has 1 heterocycles. The molecule has 17 heavy (non-hydrogen) atoms. The number of fused-ring (bicyclic) bond motifs is 1. The lowest BCUT2D eigenvalue weighted by molar-refractivity contribution is 0.241. The summed E-state index contributed by atoms with van der Waals surface area (Å²) in [6, 6.07) is 6.15. The lowest BCUT2D eigenvalue weighted by Crippen LogP contribution is -2.24. The molecule has 0 saturated carbocycles. The van der Waals surface area contributed by atoms with Crippen LogP contribution in [0.3, 0.4) is 0 Å². The van der Waals surface area contributed by atoms with Gasteiger partial charge in [0.05, 0.1) is 6.61 Å². The van der Waals surface area contributed by atoms with E-state index in [-0.39, 0.29) is 18.8 Å². The molecule has 2 rings (SSSR count). The van der Waals surface area contributed by atoms with Gasteiger partial charge in [0.2, 0.25) is 0 Å². The van der Waals surface area contributed by atoms with Crippen LogP contribution in [0.15, 0.2) is 18.2 Å². The van der Waals surface area contributed by atoms with Crippen LogP contribution in [0.2, 0.25) is 0 Å². The van der Waals surface area contributed by atoms with Crippen LogP contribution in [-0.2, 0) is 6.42 Å². The third-order valence-corrected chi connectivity index (χ3v) is 3.15. The highest BCUT2D eigenvalue weighted by molar-refractivity contribution is 5.53. The molecule has 0 spiro atoms. The molecule has 1 aromatic carbocycles. The largest absolute Gasteiger partial charge is 0.488 e. The molecule has 0 aromatic heterocycles. The summed E-state index contributed by atoms with van der Waals surface area (Å²) in [5.74, 6) is 0.933. The molecule has 2 unspecified atom stereocenters. The van der Waals surface area contributed by atoms with Crippen molar-refractivity contribution in [2.75, 3.05) is 18.5 Å². The molecule has 1 aliphatic heterocycles. The minimum absolute atomic E-state index is 0.111. The number of anilines is 1. The number of hydrogen-bond donors (Lipinski definition) is 3. The van der Waals surface area contributed by atoms with Crippen molar-refractivity contribution in [3.63, 3.8) is 0 Å². The third-order valence-electron chi connectivity index (χ3n) is 3.15. The smallest absolute Gasteiger partial charge is 0.123 e. The maximum Gasteiger partial charge on any atom is 0.123 e. The lowest BCUT2D eigenvalue weighted by atomic mass is 10.1. The Morgan fingerprint density at radius 3 is 3.06 bits per heavy atom. The van der Waals surface area contributed by atoms with E-state index in [0.717, 1.165) is 24.3 Å². The number of rotatable bonds is 5. The molecule has 0 radical (unpaired) electrons. The van der Waals surface area contributed by atoms with Gasteiger partial charge in [-0.3, -0.25) is 0 Å². The zero-order chi connectivity index (χ0) is 12.3. The van der Waals surface area contributed by atoms with E-state index in [1.807, 2.05) is 12.1 Å². The highest BCUT2D eigenvalue weighted by Gasteiger charge is 2.21. The van der Waals surface area contributed by atoms with E-state index in [1.165, 1.54) is 5.56 Å². The molecule has 0 saturated heterocycles. The molecule has 4 nitrogen and oxygen atoms in total. The Balaban J connectivity index is 2.08. The fourth-order valence-electron chi connectivity index (χ4n) is 2.05. The molecule has 2 atom stereocenters. The van der Waals surface area contributed by atoms with Crippen molar-refractivity contribution < 1.29 is 9.84 Å². The number of ether oxygens (including phenoxy) is 1. The van der Waals surface area contributed by atoms with Gasteiger partial charge in [0.25, 0.3) is 0 Å². The number of hydrogen-bond acceptors (Lipinski definition) is 4. The lowest BCUT2D eigenvalue weighted by Gasteiger charge is -2.15. The first-order valence-corrected chi connectivity index (χ1v) is 6.13. The van der Waals surface area contributed by atoms with E-state index in [9.17, 15) is 0 Å². The Labute approximate surface area is 102 Å². The summed E-state index contributed by atoms with van der Waals surface area (Å²) in [4.78, 5) is 0. The van der Waals surface area contributed by atoms with Gasteiger partial charge in [-0.2, -0.15) is 0 Å². The van der Waals surface area contributed by atoms with Gasteiger partial charge >= 0.3 is 0 Å². The predicted molar refractivity (Wildman–Crippen MR) is 68.4 cm³/mol. The SMILES string of the molecule is CCC(CO)Nc1ccc2c(c1)CC(CN)O2. The molecule has 94 valence electrons. The average molecular weight is 236 g/mol. The standard InChI is InChI=1S/C13H20N2O2/c1-2-10(8-16)15-11-3-4-13-9(5-11)6-12(7-14)17-13/h3-5,10,12,15-16H,2,6-8,14H2,1H3. The second-order valence-electron chi connectivity index (χ2n) is 4.43. The van der Waals surface area contributed by atoms with Crippen LogP contribution in [0, 0.1) is 0 Å². The fraction of sp³-hybridized carbons (Fsp3) is 0.538. The molecule has 4 heteroatoms. The molecule has 4 N–H and O–H groups in total. The van der Waals surface area contributed by atoms with E-state index >= 15 is 0 Å². The van der Waals surface area contributed by atoms with Crippen LogP contribution >= 0.6 is 0 Å². The van der Waals surface area contributed by atoms with E-state index in [0.29, 0.717) is 6.54 Å². The first-order valence-electron chi connectivity index (χ1n) is 6.13. The minimum Gasteiger partial charge on any atom is -0.488 e. The van der Waals surface area contributed by atoms with E-state index in [2.05, 4.69) is 18.3 Å². The summed E-state index contributed by atoms with van der Waals surface area (Å²) in [6.45, 7) is 2.75. The third kappa shape index (κ3) is 2.70. The normalized spacial score (nSPS) is 19.6. The van der Waals surface area contributed by atoms with Gasteiger partial charge in [-0.25, -0.2) is 0 Å². The first kappa shape index (κ1) is 12.2. The van der Waals surface area contributed by atoms with Crippen molar-refractivity contribution in [2.24, 2.45) is 5.73 Å². The summed E-state index contributed by atoms with van der Waals surface area (Å²) in [5.41, 5.74) is 7.83. The van der Waals surface area contributed by atoms with Gasteiger partial charge in [-0.15, -0.1) is 0 Å². The predicted octanol–water partition coefficient (Wildman–Crippen LogP) is 1.13. The van der Waals surface area contributed by atoms with Crippen LogP contribution in [0.25, 0.3) is 0 Å². The molecule has 1 aromatic rings. The monoisotopic (exact) mass is 236 g/mol. The number of aliphatic hydroxyl groups excluding tert-OH is 1. The van der Waals surface area contributed by atoms with Crippen molar-refractivity contribution >= 4 is 5.69 Å². The maximum absolute atomic E-state index is 9.16. The van der Waals surface area contributed by atoms with Gasteiger partial charge in [0.15, 0.2) is 0 Å². The van der Waals surface area contributed by atoms with Gasteiger partial charge in [-0.1, -0.05) is 6.92 Å². The van der Waals surface area contributed by atoms with Crippen LogP contribution in [-0.4, -0.2) is 30.4 Å². The van der Waals surface area contributed by atoms with Crippen LogP contribution in [0.1, 0.15) is 18.9 Å². The maximum atomic E-state index is 9.16. The second-order valence-corrected chi connectivity index (χ2v) is 4.43. The Morgan fingerprint density at radius 2 is 2.41 bits per heavy atom. The van der Waals surface area contributed by atoms with E-state index in [1.54, 1.807) is 0 Å². The number of nitrogens with two attached hydrogens (primary N) is 1. The Morgan fingerprint density at radius 1 is 1.59 bits per heavy atom. The average Bonchev–Trinajstić information content (AvgIpc) is 2.78. The molecular formula is C13H20N2O2. The van der Waals surface area contributed by atoms with Crippen LogP contribution in [0.4, 0.5) is 5.69 Å². The molecule has 0 amide bonds. The molecular weight excluding hydrogens is 216 g/mol. The summed E-state index contributed by atoms with van der Waals surface area (Å²) >= 11 is 0. The van der Waals surface area contributed by atoms with Gasteiger partial charge in [-0.05, 0) is 30.2 Å². The Bertz CT molecular complexity index is 378. The van der Waals surface area contributed by atoms with Crippen LogP contribution in [0.5, 0.6) is 5.75 Å². The minimum atomic E-state index is 0.111. The molecule has 1 aliphatic rings. The van der Waals surface area contributed by atoms with Crippen molar-refractivity contribution in [2.45, 2.75) is 31.9 Å². The highest BCUT2D eigenvalue weighted by atomic mass is 16.5. The van der Waals surface area contributed by atoms with Crippen molar-refractivity contribution in [1.29, 1.82) is 0 Å². The second kappa shape index (κ2) is 5.38. The fourth-order valence-corrected chi connectivity index (χ4v) is 2.05. The molecule has 0 fully saturated rings. The number of aliphatic hydroxyl groups is 1. The Hall–Kier alpha value is -1.26. The summed E-state index contributed by atoms with van der Waals surface area (Å²) < 4.78 is 5.67. The van der Waals surface area contributed by atoms with Gasteiger partial charge in [0, 0.05) is 24.7 Å². The molecule has 0 aliphatic carbocycles. The topological polar surface area (TPSA) is 67.5 Å². The van der Waals surface area contributed by atoms with Crippen molar-refractivity contribution in [1.82, 2.24) is 0 Å². The van der Waals surface area contributed by atoms with Crippen LogP contribution < -0.4 is 15.8 Å². The summed E-state index contributed by atoms with van der Waals surface area (Å²) in [6.07, 6.45) is 1.88. The summed E-state index contributed by atoms with van der Waals surface area (Å²) in [5, 5.41) is 12.5. The first-order chi connectivity index (χ1) is 8.26. The van der Waals surface area contributed by atoms with E-state index in [4.69, 9.17) is 15.6 Å². The zero-order valence-corrected chi connectivity index (χ0v) is 10.1. The van der Waals surface area contributed by atoms with E-state index < -0.39 is 0 Å². The molecule has 0 bridgehead atoms. The number of benzene rings is 1. The van der Waals surface area contributed by atoms with Gasteiger partial charge < -0.3 is 20.9 Å². The number of nitrogens with one attached hydrogen (secondary N) is 1. The summed E-state index contributed by atoms with van der Waals surface area (Å²) in [7, 11) is 0. The van der Waals surface area contributed by atoms with Crippen molar-refractivity contribution in [3.8, 4) is 5.75 Å². The Kier molecular flexibility index (Phi) is 3.86. The highest BCUT2D eigenvalue weighted by Crippen LogP contribution is 2.31.